The molecule has 2 amide bonds. The number of carboxylic acid groups (broad SMARTS) is 1. The van der Waals surface area contributed by atoms with Gasteiger partial charge >= 0.3 is 12.0 Å². The predicted molar refractivity (Wildman–Crippen MR) is 54.1 cm³/mol. The molecule has 1 aromatic rings. The van der Waals surface area contributed by atoms with Gasteiger partial charge in [-0.05, 0) is 6.07 Å². The molecule has 6 heteroatoms. The molecule has 0 bridgehead atoms. The van der Waals surface area contributed by atoms with Gasteiger partial charge in [0.2, 0.25) is 5.76 Å². The highest BCUT2D eigenvalue weighted by Crippen LogP contribution is 2.16. The second-order valence-electron chi connectivity index (χ2n) is 3.71. The van der Waals surface area contributed by atoms with Gasteiger partial charge < -0.3 is 19.3 Å². The van der Waals surface area contributed by atoms with Crippen LogP contribution in [0, 0.1) is 0 Å². The van der Waals surface area contributed by atoms with Crippen LogP contribution in [0.1, 0.15) is 16.1 Å². The predicted octanol–water partition coefficient (Wildman–Crippen LogP) is 0.845. The second-order valence-corrected chi connectivity index (χ2v) is 3.71. The monoisotopic (exact) mass is 224 g/mol. The summed E-state index contributed by atoms with van der Waals surface area (Å²) in [5.74, 6) is -1.21. The van der Waals surface area contributed by atoms with Crippen molar-refractivity contribution in [3.05, 3.63) is 23.7 Å². The van der Waals surface area contributed by atoms with E-state index >= 15 is 0 Å². The molecular weight excluding hydrogens is 212 g/mol. The zero-order valence-corrected chi connectivity index (χ0v) is 8.84. The van der Waals surface area contributed by atoms with E-state index < -0.39 is 5.97 Å². The minimum absolute atomic E-state index is 0.0856. The highest BCUT2D eigenvalue weighted by atomic mass is 16.4. The molecule has 0 radical (unpaired) electrons. The first-order chi connectivity index (χ1) is 7.59. The van der Waals surface area contributed by atoms with Crippen LogP contribution in [0.15, 0.2) is 16.7 Å². The lowest BCUT2D eigenvalue weighted by Crippen LogP contribution is -2.29. The molecule has 16 heavy (non-hydrogen) atoms. The molecule has 0 aromatic carbocycles. The molecule has 0 aliphatic carbocycles. The van der Waals surface area contributed by atoms with Crippen LogP contribution in [0.5, 0.6) is 0 Å². The SMILES string of the molecule is CN1CCN(Cc2ccoc2C(=O)O)C1=O. The van der Waals surface area contributed by atoms with Gasteiger partial charge in [-0.3, -0.25) is 0 Å². The third-order valence-corrected chi connectivity index (χ3v) is 2.60. The van der Waals surface area contributed by atoms with Gasteiger partial charge in [-0.2, -0.15) is 0 Å². The number of furan rings is 1. The summed E-state index contributed by atoms with van der Waals surface area (Å²) in [5.41, 5.74) is 0.524. The lowest BCUT2D eigenvalue weighted by atomic mass is 10.2. The highest BCUT2D eigenvalue weighted by molar-refractivity contribution is 5.86. The van der Waals surface area contributed by atoms with Gasteiger partial charge in [0.1, 0.15) is 0 Å². The zero-order valence-electron chi connectivity index (χ0n) is 8.84. The van der Waals surface area contributed by atoms with Crippen LogP contribution in [0.3, 0.4) is 0 Å². The van der Waals surface area contributed by atoms with Gasteiger partial charge in [-0.25, -0.2) is 9.59 Å². The number of urea groups is 1. The summed E-state index contributed by atoms with van der Waals surface area (Å²) in [5, 5.41) is 8.84. The topological polar surface area (TPSA) is 74.0 Å². The lowest BCUT2D eigenvalue weighted by Gasteiger charge is -2.14. The fourth-order valence-corrected chi connectivity index (χ4v) is 1.70. The molecule has 0 saturated carbocycles. The largest absolute Gasteiger partial charge is 0.475 e. The van der Waals surface area contributed by atoms with E-state index in [0.29, 0.717) is 18.7 Å². The van der Waals surface area contributed by atoms with Gasteiger partial charge in [0.05, 0.1) is 12.8 Å². The molecule has 1 N–H and O–H groups in total. The van der Waals surface area contributed by atoms with Crippen LogP contribution in [0.2, 0.25) is 0 Å². The van der Waals surface area contributed by atoms with E-state index in [1.165, 1.54) is 6.26 Å². The van der Waals surface area contributed by atoms with Gasteiger partial charge in [0, 0.05) is 25.7 Å². The normalized spacial score (nSPS) is 15.9. The van der Waals surface area contributed by atoms with Gasteiger partial charge in [-0.15, -0.1) is 0 Å². The fourth-order valence-electron chi connectivity index (χ4n) is 1.70. The number of carboxylic acids is 1. The minimum Gasteiger partial charge on any atom is -0.475 e. The summed E-state index contributed by atoms with van der Waals surface area (Å²) in [7, 11) is 1.72. The van der Waals surface area contributed by atoms with Crippen molar-refractivity contribution in [1.29, 1.82) is 0 Å². The smallest absolute Gasteiger partial charge is 0.372 e. The van der Waals surface area contributed by atoms with E-state index in [0.717, 1.165) is 0 Å². The summed E-state index contributed by atoms with van der Waals surface area (Å²) in [4.78, 5) is 25.6. The standard InChI is InChI=1S/C10H12N2O4/c1-11-3-4-12(10(11)15)6-7-2-5-16-8(7)9(13)14/h2,5H,3-4,6H2,1H3,(H,13,14). The maximum absolute atomic E-state index is 11.6. The van der Waals surface area contributed by atoms with E-state index in [1.54, 1.807) is 22.9 Å². The average Bonchev–Trinajstić information content (AvgIpc) is 2.80. The van der Waals surface area contributed by atoms with Crippen LogP contribution in [-0.2, 0) is 6.54 Å². The first-order valence-electron chi connectivity index (χ1n) is 4.89. The quantitative estimate of drug-likeness (QED) is 0.825. The summed E-state index contributed by atoms with van der Waals surface area (Å²) in [6, 6.07) is 1.49. The lowest BCUT2D eigenvalue weighted by molar-refractivity contribution is 0.0659. The molecule has 2 rings (SSSR count). The number of likely N-dealkylation sites (N-methyl/N-ethyl adjacent to an activating group) is 1. The molecule has 0 spiro atoms. The Morgan fingerprint density at radius 2 is 2.31 bits per heavy atom. The van der Waals surface area contributed by atoms with Crippen molar-refractivity contribution in [3.63, 3.8) is 0 Å². The number of carbonyl (C=O) groups excluding carboxylic acids is 1. The van der Waals surface area contributed by atoms with Crippen molar-refractivity contribution in [2.45, 2.75) is 6.54 Å². The molecule has 0 atom stereocenters. The van der Waals surface area contributed by atoms with Gasteiger partial charge in [0.15, 0.2) is 0 Å². The molecule has 1 aromatic heterocycles. The maximum Gasteiger partial charge on any atom is 0.372 e. The van der Waals surface area contributed by atoms with Crippen LogP contribution < -0.4 is 0 Å². The number of rotatable bonds is 3. The van der Waals surface area contributed by atoms with Crippen LogP contribution >= 0.6 is 0 Å². The number of carbonyl (C=O) groups is 2. The van der Waals surface area contributed by atoms with Crippen molar-refractivity contribution >= 4 is 12.0 Å². The van der Waals surface area contributed by atoms with Crippen LogP contribution in [0.4, 0.5) is 4.79 Å². The maximum atomic E-state index is 11.6. The van der Waals surface area contributed by atoms with Crippen LogP contribution in [-0.4, -0.2) is 47.0 Å². The van der Waals surface area contributed by atoms with Crippen molar-refractivity contribution in [3.8, 4) is 0 Å². The number of aromatic carboxylic acids is 1. The Labute approximate surface area is 92.0 Å². The van der Waals surface area contributed by atoms with E-state index in [2.05, 4.69) is 0 Å². The number of hydrogen-bond acceptors (Lipinski definition) is 3. The Bertz CT molecular complexity index is 426. The molecular formula is C10H12N2O4. The van der Waals surface area contributed by atoms with E-state index in [4.69, 9.17) is 9.52 Å². The second kappa shape index (κ2) is 3.88. The van der Waals surface area contributed by atoms with Gasteiger partial charge in [-0.1, -0.05) is 0 Å². The Morgan fingerprint density at radius 3 is 2.88 bits per heavy atom. The molecule has 1 aliphatic rings. The minimum atomic E-state index is -1.11. The van der Waals surface area contributed by atoms with E-state index in [-0.39, 0.29) is 18.3 Å². The van der Waals surface area contributed by atoms with E-state index in [1.807, 2.05) is 0 Å². The van der Waals surface area contributed by atoms with E-state index in [9.17, 15) is 9.59 Å². The molecule has 1 aliphatic heterocycles. The Morgan fingerprint density at radius 1 is 1.56 bits per heavy atom. The first kappa shape index (κ1) is 10.5. The summed E-state index contributed by atoms with van der Waals surface area (Å²) in [6.45, 7) is 1.56. The fraction of sp³-hybridized carbons (Fsp3) is 0.400. The van der Waals surface area contributed by atoms with Crippen molar-refractivity contribution in [2.75, 3.05) is 20.1 Å². The Hall–Kier alpha value is -1.98. The summed E-state index contributed by atoms with van der Waals surface area (Å²) < 4.78 is 4.85. The number of hydrogen-bond donors (Lipinski definition) is 1. The zero-order chi connectivity index (χ0) is 11.7. The molecule has 1 saturated heterocycles. The number of amides is 2. The Kier molecular flexibility index (Phi) is 2.55. The summed E-state index contributed by atoms with van der Waals surface area (Å²) >= 11 is 0. The molecule has 6 nitrogen and oxygen atoms in total. The van der Waals surface area contributed by atoms with Crippen molar-refractivity contribution in [2.24, 2.45) is 0 Å². The molecule has 2 heterocycles. The third-order valence-electron chi connectivity index (χ3n) is 2.60. The molecule has 0 unspecified atom stereocenters. The Balaban J connectivity index is 2.12. The third kappa shape index (κ3) is 1.73. The highest BCUT2D eigenvalue weighted by Gasteiger charge is 2.27. The average molecular weight is 224 g/mol. The van der Waals surface area contributed by atoms with Gasteiger partial charge in [0.25, 0.3) is 0 Å². The first-order valence-corrected chi connectivity index (χ1v) is 4.89. The molecule has 86 valence electrons. The molecule has 1 fully saturated rings. The van der Waals surface area contributed by atoms with Crippen LogP contribution in [0.25, 0.3) is 0 Å². The van der Waals surface area contributed by atoms with Crippen molar-refractivity contribution in [1.82, 2.24) is 9.80 Å². The number of nitrogens with zero attached hydrogens (tertiary/aromatic N) is 2. The van der Waals surface area contributed by atoms with Crippen molar-refractivity contribution < 1.29 is 19.1 Å². The summed E-state index contributed by atoms with van der Waals surface area (Å²) in [6.07, 6.45) is 1.32.